The third-order valence-corrected chi connectivity index (χ3v) is 4.93. The number of halogens is 1. The van der Waals surface area contributed by atoms with E-state index in [0.29, 0.717) is 32.2 Å². The molecule has 0 aromatic heterocycles. The Kier molecular flexibility index (Phi) is 5.54. The number of anilines is 1. The van der Waals surface area contributed by atoms with E-state index in [1.54, 1.807) is 23.2 Å². The molecule has 1 heterocycles. The predicted octanol–water partition coefficient (Wildman–Crippen LogP) is 2.41. The lowest BCUT2D eigenvalue weighted by atomic mass is 10.2. The van der Waals surface area contributed by atoms with Crippen LogP contribution in [0.4, 0.5) is 10.1 Å². The number of benzene rings is 1. The summed E-state index contributed by atoms with van der Waals surface area (Å²) < 4.78 is 13.0. The zero-order valence-electron chi connectivity index (χ0n) is 14.2. The Bertz CT molecular complexity index is 666. The smallest absolute Gasteiger partial charge is 0.266 e. The van der Waals surface area contributed by atoms with Crippen LogP contribution in [0.1, 0.15) is 25.7 Å². The maximum Gasteiger partial charge on any atom is 0.266 e. The van der Waals surface area contributed by atoms with Crippen LogP contribution in [0.15, 0.2) is 36.0 Å². The minimum atomic E-state index is -0.254. The molecule has 0 spiro atoms. The van der Waals surface area contributed by atoms with E-state index >= 15 is 0 Å². The molecule has 1 aliphatic heterocycles. The van der Waals surface area contributed by atoms with E-state index in [2.05, 4.69) is 10.2 Å². The van der Waals surface area contributed by atoms with Crippen molar-refractivity contribution < 1.29 is 9.18 Å². The first-order chi connectivity index (χ1) is 12.2. The highest BCUT2D eigenvalue weighted by Crippen LogP contribution is 2.19. The van der Waals surface area contributed by atoms with Gasteiger partial charge in [0.15, 0.2) is 0 Å². The van der Waals surface area contributed by atoms with Crippen LogP contribution in [-0.2, 0) is 4.79 Å². The number of amides is 1. The largest absolute Gasteiger partial charge is 0.387 e. The minimum absolute atomic E-state index is 0.169. The normalized spacial score (nSPS) is 19.0. The molecule has 6 heteroatoms. The Morgan fingerprint density at radius 3 is 2.40 bits per heavy atom. The lowest BCUT2D eigenvalue weighted by Gasteiger charge is -2.36. The summed E-state index contributed by atoms with van der Waals surface area (Å²) in [5.41, 5.74) is 1.12. The van der Waals surface area contributed by atoms with Gasteiger partial charge >= 0.3 is 0 Å². The number of hydrogen-bond acceptors (Lipinski definition) is 4. The number of carbonyl (C=O) groups is 1. The van der Waals surface area contributed by atoms with Crippen LogP contribution in [0.5, 0.6) is 0 Å². The van der Waals surface area contributed by atoms with Crippen molar-refractivity contribution in [2.24, 2.45) is 0 Å². The van der Waals surface area contributed by atoms with Crippen molar-refractivity contribution in [3.05, 3.63) is 41.9 Å². The standard InChI is InChI=1S/C19H23FN4O/c20-16-5-7-18(8-6-16)23-9-11-24(12-10-23)19(25)15(13-21)14-22-17-3-1-2-4-17/h5-8,14,17,22H,1-4,9-12H2/b15-14-. The first kappa shape index (κ1) is 17.3. The van der Waals surface area contributed by atoms with E-state index < -0.39 is 0 Å². The monoisotopic (exact) mass is 342 g/mol. The van der Waals surface area contributed by atoms with Gasteiger partial charge in [-0.15, -0.1) is 0 Å². The Morgan fingerprint density at radius 2 is 1.80 bits per heavy atom. The minimum Gasteiger partial charge on any atom is -0.387 e. The van der Waals surface area contributed by atoms with Crippen LogP contribution in [0.3, 0.4) is 0 Å². The second kappa shape index (κ2) is 8.02. The molecule has 0 atom stereocenters. The lowest BCUT2D eigenvalue weighted by molar-refractivity contribution is -0.127. The number of nitrogens with zero attached hydrogens (tertiary/aromatic N) is 3. The Hall–Kier alpha value is -2.55. The molecule has 1 aromatic carbocycles. The zero-order valence-corrected chi connectivity index (χ0v) is 14.2. The van der Waals surface area contributed by atoms with Gasteiger partial charge in [0.05, 0.1) is 0 Å². The van der Waals surface area contributed by atoms with Crippen molar-refractivity contribution in [2.45, 2.75) is 31.7 Å². The van der Waals surface area contributed by atoms with Crippen LogP contribution < -0.4 is 10.2 Å². The maximum absolute atomic E-state index is 13.0. The molecular formula is C19H23FN4O. The number of piperazine rings is 1. The number of carbonyl (C=O) groups excluding carboxylic acids is 1. The van der Waals surface area contributed by atoms with Gasteiger partial charge in [0.1, 0.15) is 17.5 Å². The summed E-state index contributed by atoms with van der Waals surface area (Å²) in [5, 5.41) is 12.5. The molecule has 3 rings (SSSR count). The third kappa shape index (κ3) is 4.30. The van der Waals surface area contributed by atoms with Gasteiger partial charge in [0.25, 0.3) is 5.91 Å². The van der Waals surface area contributed by atoms with Crippen LogP contribution >= 0.6 is 0 Å². The molecule has 132 valence electrons. The van der Waals surface area contributed by atoms with Crippen molar-refractivity contribution in [1.29, 1.82) is 5.26 Å². The molecule has 0 bridgehead atoms. The first-order valence-electron chi connectivity index (χ1n) is 8.83. The van der Waals surface area contributed by atoms with Crippen molar-refractivity contribution in [3.63, 3.8) is 0 Å². The average molecular weight is 342 g/mol. The summed E-state index contributed by atoms with van der Waals surface area (Å²) >= 11 is 0. The number of rotatable bonds is 4. The van der Waals surface area contributed by atoms with Gasteiger partial charge in [-0.2, -0.15) is 5.26 Å². The molecule has 2 aliphatic rings. The first-order valence-corrected chi connectivity index (χ1v) is 8.83. The van der Waals surface area contributed by atoms with Gasteiger partial charge in [0.2, 0.25) is 0 Å². The number of nitrogens with one attached hydrogen (secondary N) is 1. The molecule has 0 unspecified atom stereocenters. The zero-order chi connectivity index (χ0) is 17.6. The number of nitriles is 1. The second-order valence-corrected chi connectivity index (χ2v) is 6.57. The van der Waals surface area contributed by atoms with Gasteiger partial charge in [-0.05, 0) is 37.1 Å². The number of hydrogen-bond donors (Lipinski definition) is 1. The summed E-state index contributed by atoms with van der Waals surface area (Å²) in [7, 11) is 0. The topological polar surface area (TPSA) is 59.4 Å². The van der Waals surface area contributed by atoms with E-state index in [4.69, 9.17) is 0 Å². The molecule has 1 aromatic rings. The molecule has 1 aliphatic carbocycles. The molecule has 1 amide bonds. The molecule has 1 saturated heterocycles. The highest BCUT2D eigenvalue weighted by atomic mass is 19.1. The highest BCUT2D eigenvalue weighted by molar-refractivity contribution is 5.97. The van der Waals surface area contributed by atoms with Crippen LogP contribution in [0, 0.1) is 17.1 Å². The highest BCUT2D eigenvalue weighted by Gasteiger charge is 2.24. The molecule has 1 N–H and O–H groups in total. The molecule has 25 heavy (non-hydrogen) atoms. The van der Waals surface area contributed by atoms with Crippen LogP contribution in [-0.4, -0.2) is 43.0 Å². The molecule has 0 radical (unpaired) electrons. The fourth-order valence-corrected chi connectivity index (χ4v) is 3.43. The van der Waals surface area contributed by atoms with Crippen molar-refractivity contribution in [3.8, 4) is 6.07 Å². The third-order valence-electron chi connectivity index (χ3n) is 4.93. The molecule has 1 saturated carbocycles. The predicted molar refractivity (Wildman–Crippen MR) is 94.3 cm³/mol. The Balaban J connectivity index is 1.55. The second-order valence-electron chi connectivity index (χ2n) is 6.57. The summed E-state index contributed by atoms with van der Waals surface area (Å²) in [6.45, 7) is 2.45. The molecular weight excluding hydrogens is 319 g/mol. The maximum atomic E-state index is 13.0. The van der Waals surface area contributed by atoms with Gasteiger partial charge in [-0.3, -0.25) is 4.79 Å². The van der Waals surface area contributed by atoms with Crippen LogP contribution in [0.25, 0.3) is 0 Å². The van der Waals surface area contributed by atoms with E-state index in [-0.39, 0.29) is 17.3 Å². The summed E-state index contributed by atoms with van der Waals surface area (Å²) in [5.74, 6) is -0.470. The van der Waals surface area contributed by atoms with E-state index in [9.17, 15) is 14.4 Å². The summed E-state index contributed by atoms with van der Waals surface area (Å²) in [4.78, 5) is 16.4. The van der Waals surface area contributed by atoms with Crippen molar-refractivity contribution in [2.75, 3.05) is 31.1 Å². The summed E-state index contributed by atoms with van der Waals surface area (Å²) in [6, 6.07) is 8.79. The SMILES string of the molecule is N#C/C(=C/NC1CCCC1)C(=O)N1CCN(c2ccc(F)cc2)CC1. The average Bonchev–Trinajstić information content (AvgIpc) is 3.16. The quantitative estimate of drug-likeness (QED) is 0.674. The van der Waals surface area contributed by atoms with Crippen molar-refractivity contribution in [1.82, 2.24) is 10.2 Å². The molecule has 5 nitrogen and oxygen atoms in total. The Morgan fingerprint density at radius 1 is 1.16 bits per heavy atom. The Labute approximate surface area is 147 Å². The fourth-order valence-electron chi connectivity index (χ4n) is 3.43. The van der Waals surface area contributed by atoms with Gasteiger partial charge in [-0.25, -0.2) is 4.39 Å². The van der Waals surface area contributed by atoms with Crippen molar-refractivity contribution >= 4 is 11.6 Å². The van der Waals surface area contributed by atoms with E-state index in [1.165, 1.54) is 25.0 Å². The van der Waals surface area contributed by atoms with Gasteiger partial charge in [0, 0.05) is 44.1 Å². The fraction of sp³-hybridized carbons (Fsp3) is 0.474. The van der Waals surface area contributed by atoms with Gasteiger partial charge < -0.3 is 15.1 Å². The van der Waals surface area contributed by atoms with E-state index in [0.717, 1.165) is 18.5 Å². The molecule has 2 fully saturated rings. The lowest BCUT2D eigenvalue weighted by Crippen LogP contribution is -2.49. The van der Waals surface area contributed by atoms with Crippen LogP contribution in [0.2, 0.25) is 0 Å². The summed E-state index contributed by atoms with van der Waals surface area (Å²) in [6.07, 6.45) is 6.18. The van der Waals surface area contributed by atoms with E-state index in [1.807, 2.05) is 6.07 Å². The van der Waals surface area contributed by atoms with Gasteiger partial charge in [-0.1, -0.05) is 12.8 Å².